The van der Waals surface area contributed by atoms with Crippen molar-refractivity contribution in [1.82, 2.24) is 20.0 Å². The lowest BCUT2D eigenvalue weighted by atomic mass is 10.7. The van der Waals surface area contributed by atoms with Crippen LogP contribution in [0.2, 0.25) is 4.34 Å². The number of rotatable bonds is 2. The second-order valence-electron chi connectivity index (χ2n) is 2.16. The topological polar surface area (TPSA) is 43.6 Å². The van der Waals surface area contributed by atoms with Crippen molar-refractivity contribution in [3.05, 3.63) is 27.9 Å². The summed E-state index contributed by atoms with van der Waals surface area (Å²) < 4.78 is 2.40. The summed E-state index contributed by atoms with van der Waals surface area (Å²) in [6.45, 7) is 0.636. The summed E-state index contributed by atoms with van der Waals surface area (Å²) in [7, 11) is 0. The lowest BCUT2D eigenvalue weighted by molar-refractivity contribution is 0.647. The molecule has 0 bridgehead atoms. The van der Waals surface area contributed by atoms with E-state index in [0.29, 0.717) is 10.9 Å². The fourth-order valence-electron chi connectivity index (χ4n) is 0.817. The summed E-state index contributed by atoms with van der Waals surface area (Å²) >= 11 is 7.16. The molecular weight excluding hydrogens is 196 g/mol. The van der Waals surface area contributed by atoms with E-state index >= 15 is 0 Å². The van der Waals surface area contributed by atoms with E-state index in [1.165, 1.54) is 11.3 Å². The van der Waals surface area contributed by atoms with Gasteiger partial charge in [0.2, 0.25) is 0 Å². The lowest BCUT2D eigenvalue weighted by Crippen LogP contribution is -1.99. The molecular formula is C6H5ClN4S. The summed E-state index contributed by atoms with van der Waals surface area (Å²) in [6, 6.07) is 0. The molecule has 0 saturated heterocycles. The minimum atomic E-state index is 0.636. The van der Waals surface area contributed by atoms with E-state index < -0.39 is 0 Å². The number of halogens is 1. The summed E-state index contributed by atoms with van der Waals surface area (Å²) in [5.74, 6) is 0. The molecule has 0 fully saturated rings. The second kappa shape index (κ2) is 3.20. The van der Waals surface area contributed by atoms with Gasteiger partial charge in [0.05, 0.1) is 18.9 Å². The molecule has 2 heterocycles. The van der Waals surface area contributed by atoms with Gasteiger partial charge in [-0.2, -0.15) is 0 Å². The van der Waals surface area contributed by atoms with Gasteiger partial charge in [0.25, 0.3) is 0 Å². The van der Waals surface area contributed by atoms with Gasteiger partial charge in [-0.15, -0.1) is 16.4 Å². The molecule has 0 unspecified atom stereocenters. The number of hydrogen-bond donors (Lipinski definition) is 0. The monoisotopic (exact) mass is 200 g/mol. The van der Waals surface area contributed by atoms with Crippen molar-refractivity contribution in [3.8, 4) is 0 Å². The number of nitrogens with zero attached hydrogens (tertiary/aromatic N) is 4. The van der Waals surface area contributed by atoms with Crippen molar-refractivity contribution < 1.29 is 0 Å². The summed E-state index contributed by atoms with van der Waals surface area (Å²) in [5, 5.41) is 8.43. The van der Waals surface area contributed by atoms with Crippen LogP contribution >= 0.6 is 22.9 Å². The summed E-state index contributed by atoms with van der Waals surface area (Å²) in [6.07, 6.45) is 5.06. The van der Waals surface area contributed by atoms with E-state index in [2.05, 4.69) is 15.3 Å². The highest BCUT2D eigenvalue weighted by Gasteiger charge is 2.00. The molecule has 0 aromatic carbocycles. The Bertz CT molecular complexity index is 355. The van der Waals surface area contributed by atoms with Crippen molar-refractivity contribution in [1.29, 1.82) is 0 Å². The van der Waals surface area contributed by atoms with E-state index in [-0.39, 0.29) is 0 Å². The smallest absolute Gasteiger partial charge is 0.116 e. The number of thiazole rings is 1. The van der Waals surface area contributed by atoms with Crippen LogP contribution in [0.3, 0.4) is 0 Å². The van der Waals surface area contributed by atoms with Gasteiger partial charge in [0, 0.05) is 6.20 Å². The zero-order valence-electron chi connectivity index (χ0n) is 6.01. The summed E-state index contributed by atoms with van der Waals surface area (Å²) in [5.41, 5.74) is 0. The molecule has 6 heteroatoms. The maximum Gasteiger partial charge on any atom is 0.116 e. The predicted molar refractivity (Wildman–Crippen MR) is 46.2 cm³/mol. The molecule has 2 rings (SSSR count). The van der Waals surface area contributed by atoms with Gasteiger partial charge in [-0.05, 0) is 0 Å². The van der Waals surface area contributed by atoms with Crippen LogP contribution in [-0.4, -0.2) is 20.0 Å². The zero-order valence-corrected chi connectivity index (χ0v) is 7.59. The third kappa shape index (κ3) is 1.62. The molecule has 0 aliphatic rings. The average Bonchev–Trinajstić information content (AvgIpc) is 2.63. The number of aromatic nitrogens is 4. The van der Waals surface area contributed by atoms with Gasteiger partial charge in [0.15, 0.2) is 0 Å². The molecule has 0 radical (unpaired) electrons. The van der Waals surface area contributed by atoms with Crippen LogP contribution in [0.4, 0.5) is 0 Å². The largest absolute Gasteiger partial charge is 0.246 e. The molecule has 2 aromatic heterocycles. The molecule has 0 spiro atoms. The van der Waals surface area contributed by atoms with Crippen LogP contribution in [0.5, 0.6) is 0 Å². The Morgan fingerprint density at radius 1 is 1.58 bits per heavy atom. The van der Waals surface area contributed by atoms with Crippen LogP contribution in [-0.2, 0) is 6.54 Å². The van der Waals surface area contributed by atoms with Crippen molar-refractivity contribution in [3.63, 3.8) is 0 Å². The highest BCUT2D eigenvalue weighted by atomic mass is 35.5. The van der Waals surface area contributed by atoms with Crippen molar-refractivity contribution >= 4 is 22.9 Å². The SMILES string of the molecule is Clc1cnc(Cn2ccnn2)s1. The molecule has 12 heavy (non-hydrogen) atoms. The Labute approximate surface area is 77.8 Å². The van der Waals surface area contributed by atoms with E-state index in [9.17, 15) is 0 Å². The van der Waals surface area contributed by atoms with Crippen molar-refractivity contribution in [2.75, 3.05) is 0 Å². The Kier molecular flexibility index (Phi) is 2.05. The third-order valence-corrected chi connectivity index (χ3v) is 2.39. The minimum absolute atomic E-state index is 0.636. The average molecular weight is 201 g/mol. The first kappa shape index (κ1) is 7.70. The highest BCUT2D eigenvalue weighted by Crippen LogP contribution is 2.18. The van der Waals surface area contributed by atoms with E-state index in [1.807, 2.05) is 0 Å². The second-order valence-corrected chi connectivity index (χ2v) is 3.91. The quantitative estimate of drug-likeness (QED) is 0.737. The van der Waals surface area contributed by atoms with Gasteiger partial charge >= 0.3 is 0 Å². The minimum Gasteiger partial charge on any atom is -0.246 e. The summed E-state index contributed by atoms with van der Waals surface area (Å²) in [4.78, 5) is 4.09. The first-order valence-electron chi connectivity index (χ1n) is 3.29. The normalized spacial score (nSPS) is 10.4. The Morgan fingerprint density at radius 2 is 2.50 bits per heavy atom. The maximum atomic E-state index is 5.71. The third-order valence-electron chi connectivity index (χ3n) is 1.29. The van der Waals surface area contributed by atoms with Crippen LogP contribution in [0.15, 0.2) is 18.6 Å². The first-order chi connectivity index (χ1) is 5.84. The zero-order chi connectivity index (χ0) is 8.39. The van der Waals surface area contributed by atoms with Gasteiger partial charge in [-0.25, -0.2) is 9.67 Å². The fourth-order valence-corrected chi connectivity index (χ4v) is 1.77. The van der Waals surface area contributed by atoms with Gasteiger partial charge < -0.3 is 0 Å². The van der Waals surface area contributed by atoms with Crippen LogP contribution in [0.1, 0.15) is 5.01 Å². The molecule has 62 valence electrons. The van der Waals surface area contributed by atoms with E-state index in [1.54, 1.807) is 23.3 Å². The standard InChI is InChI=1S/C6H5ClN4S/c7-5-3-8-6(12-5)4-11-2-1-9-10-11/h1-3H,4H2. The van der Waals surface area contributed by atoms with Gasteiger partial charge in [-0.1, -0.05) is 16.8 Å². The van der Waals surface area contributed by atoms with Gasteiger partial charge in [-0.3, -0.25) is 0 Å². The fraction of sp³-hybridized carbons (Fsp3) is 0.167. The van der Waals surface area contributed by atoms with Crippen molar-refractivity contribution in [2.45, 2.75) is 6.54 Å². The number of hydrogen-bond acceptors (Lipinski definition) is 4. The lowest BCUT2D eigenvalue weighted by Gasteiger charge is -1.92. The van der Waals surface area contributed by atoms with Crippen molar-refractivity contribution in [2.24, 2.45) is 0 Å². The first-order valence-corrected chi connectivity index (χ1v) is 4.48. The van der Waals surface area contributed by atoms with Crippen LogP contribution in [0, 0.1) is 0 Å². The predicted octanol–water partition coefficient (Wildman–Crippen LogP) is 1.44. The van der Waals surface area contributed by atoms with Crippen LogP contribution in [0.25, 0.3) is 0 Å². The molecule has 0 amide bonds. The molecule has 0 saturated carbocycles. The maximum absolute atomic E-state index is 5.71. The molecule has 2 aromatic rings. The molecule has 0 aliphatic heterocycles. The van der Waals surface area contributed by atoms with E-state index in [4.69, 9.17) is 11.6 Å². The van der Waals surface area contributed by atoms with E-state index in [0.717, 1.165) is 5.01 Å². The molecule has 0 N–H and O–H groups in total. The Hall–Kier alpha value is -0.940. The van der Waals surface area contributed by atoms with Crippen LogP contribution < -0.4 is 0 Å². The Morgan fingerprint density at radius 3 is 3.08 bits per heavy atom. The highest BCUT2D eigenvalue weighted by molar-refractivity contribution is 7.15. The Balaban J connectivity index is 2.14. The van der Waals surface area contributed by atoms with Gasteiger partial charge in [0.1, 0.15) is 9.34 Å². The molecule has 4 nitrogen and oxygen atoms in total. The molecule has 0 aliphatic carbocycles. The molecule has 0 atom stereocenters.